The maximum atomic E-state index is 10.4. The topological polar surface area (TPSA) is 17.1 Å². The molecule has 0 aromatic heterocycles. The fourth-order valence-corrected chi connectivity index (χ4v) is 1.45. The normalized spacial score (nSPS) is 11.5. The summed E-state index contributed by atoms with van der Waals surface area (Å²) in [6.45, 7) is 1.75. The summed E-state index contributed by atoms with van der Waals surface area (Å²) in [6, 6.07) is 5.45. The highest BCUT2D eigenvalue weighted by atomic mass is 79.9. The van der Waals surface area contributed by atoms with Crippen molar-refractivity contribution in [2.24, 2.45) is 0 Å². The predicted octanol–water partition coefficient (Wildman–Crippen LogP) is 3.70. The average molecular weight is 260 g/mol. The van der Waals surface area contributed by atoms with Gasteiger partial charge in [-0.25, -0.2) is 0 Å². The molecule has 0 bridgehead atoms. The number of benzene rings is 1. The van der Waals surface area contributed by atoms with E-state index in [-0.39, 0.29) is 0 Å². The van der Waals surface area contributed by atoms with E-state index in [0.717, 1.165) is 16.3 Å². The van der Waals surface area contributed by atoms with Crippen molar-refractivity contribution in [2.45, 2.75) is 6.92 Å². The molecule has 0 aliphatic rings. The second-order valence-corrected chi connectivity index (χ2v) is 3.96. The zero-order valence-corrected chi connectivity index (χ0v) is 9.39. The van der Waals surface area contributed by atoms with Crippen molar-refractivity contribution in [3.63, 3.8) is 0 Å². The zero-order valence-electron chi connectivity index (χ0n) is 7.05. The van der Waals surface area contributed by atoms with Crippen molar-refractivity contribution in [3.05, 3.63) is 38.8 Å². The van der Waals surface area contributed by atoms with Crippen LogP contribution in [0.3, 0.4) is 0 Å². The summed E-state index contributed by atoms with van der Waals surface area (Å²) >= 11 is 9.17. The number of halogens is 2. The second-order valence-electron chi connectivity index (χ2n) is 2.67. The number of allylic oxidation sites excluding steroid dienone is 1. The first kappa shape index (κ1) is 10.5. The van der Waals surface area contributed by atoms with Crippen LogP contribution >= 0.6 is 27.5 Å². The molecule has 1 rings (SSSR count). The molecular formula is C10H8BrClO. The summed E-state index contributed by atoms with van der Waals surface area (Å²) in [5.74, 6) is 0. The molecule has 13 heavy (non-hydrogen) atoms. The number of hydrogen-bond acceptors (Lipinski definition) is 1. The lowest BCUT2D eigenvalue weighted by molar-refractivity contribution is -0.104. The minimum Gasteiger partial charge on any atom is -0.298 e. The summed E-state index contributed by atoms with van der Waals surface area (Å²) in [5, 5.41) is 0.660. The Balaban J connectivity index is 3.13. The summed E-state index contributed by atoms with van der Waals surface area (Å²) in [6.07, 6.45) is 2.59. The molecular weight excluding hydrogens is 251 g/mol. The van der Waals surface area contributed by atoms with E-state index in [0.29, 0.717) is 10.6 Å². The Morgan fingerprint density at radius 3 is 2.85 bits per heavy atom. The van der Waals surface area contributed by atoms with Crippen LogP contribution in [0.15, 0.2) is 28.2 Å². The van der Waals surface area contributed by atoms with Crippen molar-refractivity contribution in [1.82, 2.24) is 0 Å². The number of hydrogen-bond donors (Lipinski definition) is 0. The van der Waals surface area contributed by atoms with Gasteiger partial charge in [-0.3, -0.25) is 4.79 Å². The van der Waals surface area contributed by atoms with Crippen molar-refractivity contribution in [3.8, 4) is 0 Å². The number of aldehydes is 1. The van der Waals surface area contributed by atoms with E-state index in [9.17, 15) is 4.79 Å². The molecule has 3 heteroatoms. The SMILES string of the molecule is CC(C=O)=Cc1cc(Cl)ccc1Br. The molecule has 1 aromatic rings. The van der Waals surface area contributed by atoms with Gasteiger partial charge in [0.05, 0.1) is 0 Å². The fraction of sp³-hybridized carbons (Fsp3) is 0.100. The molecule has 0 fully saturated rings. The second kappa shape index (κ2) is 4.58. The van der Waals surface area contributed by atoms with Crippen molar-refractivity contribution >= 4 is 39.9 Å². The minimum atomic E-state index is 0.660. The molecule has 0 aliphatic heterocycles. The van der Waals surface area contributed by atoms with Crippen LogP contribution in [0.5, 0.6) is 0 Å². The van der Waals surface area contributed by atoms with E-state index in [1.54, 1.807) is 25.1 Å². The number of rotatable bonds is 2. The van der Waals surface area contributed by atoms with E-state index in [4.69, 9.17) is 11.6 Å². The monoisotopic (exact) mass is 258 g/mol. The largest absolute Gasteiger partial charge is 0.298 e. The van der Waals surface area contributed by atoms with Gasteiger partial charge in [0.1, 0.15) is 6.29 Å². The molecule has 0 amide bonds. The van der Waals surface area contributed by atoms with E-state index < -0.39 is 0 Å². The van der Waals surface area contributed by atoms with Gasteiger partial charge in [-0.15, -0.1) is 0 Å². The Kier molecular flexibility index (Phi) is 3.70. The van der Waals surface area contributed by atoms with Gasteiger partial charge in [0, 0.05) is 9.50 Å². The molecule has 0 heterocycles. The molecule has 1 aromatic carbocycles. The van der Waals surface area contributed by atoms with Crippen LogP contribution in [0.4, 0.5) is 0 Å². The van der Waals surface area contributed by atoms with E-state index >= 15 is 0 Å². The fourth-order valence-electron chi connectivity index (χ4n) is 0.905. The first-order chi connectivity index (χ1) is 6.13. The van der Waals surface area contributed by atoms with Crippen molar-refractivity contribution in [2.75, 3.05) is 0 Å². The van der Waals surface area contributed by atoms with Gasteiger partial charge in [-0.1, -0.05) is 27.5 Å². The smallest absolute Gasteiger partial charge is 0.145 e. The molecule has 0 N–H and O–H groups in total. The Morgan fingerprint density at radius 1 is 1.54 bits per heavy atom. The van der Waals surface area contributed by atoms with Gasteiger partial charge in [0.25, 0.3) is 0 Å². The van der Waals surface area contributed by atoms with E-state index in [1.807, 2.05) is 6.07 Å². The molecule has 1 nitrogen and oxygen atoms in total. The predicted molar refractivity (Wildman–Crippen MR) is 58.9 cm³/mol. The molecule has 0 aliphatic carbocycles. The highest BCUT2D eigenvalue weighted by Crippen LogP contribution is 2.22. The summed E-state index contributed by atoms with van der Waals surface area (Å²) in [4.78, 5) is 10.4. The van der Waals surface area contributed by atoms with Gasteiger partial charge >= 0.3 is 0 Å². The van der Waals surface area contributed by atoms with Crippen LogP contribution in [-0.2, 0) is 4.79 Å². The third-order valence-corrected chi connectivity index (χ3v) is 2.48. The summed E-state index contributed by atoms with van der Waals surface area (Å²) in [5.41, 5.74) is 1.58. The third-order valence-electron chi connectivity index (χ3n) is 1.53. The highest BCUT2D eigenvalue weighted by molar-refractivity contribution is 9.10. The Hall–Kier alpha value is -0.600. The lowest BCUT2D eigenvalue weighted by atomic mass is 10.1. The molecule has 68 valence electrons. The lowest BCUT2D eigenvalue weighted by Gasteiger charge is -1.99. The lowest BCUT2D eigenvalue weighted by Crippen LogP contribution is -1.80. The van der Waals surface area contributed by atoms with Gasteiger partial charge < -0.3 is 0 Å². The van der Waals surface area contributed by atoms with Gasteiger partial charge in [-0.2, -0.15) is 0 Å². The molecule has 0 unspecified atom stereocenters. The standard InChI is InChI=1S/C10H8BrClO/c1-7(6-13)4-8-5-9(12)2-3-10(8)11/h2-6H,1H3. The maximum Gasteiger partial charge on any atom is 0.145 e. The van der Waals surface area contributed by atoms with E-state index in [1.165, 1.54) is 0 Å². The van der Waals surface area contributed by atoms with Gasteiger partial charge in [0.15, 0.2) is 0 Å². The molecule has 0 spiro atoms. The van der Waals surface area contributed by atoms with Crippen LogP contribution in [0.2, 0.25) is 5.02 Å². The van der Waals surface area contributed by atoms with Crippen molar-refractivity contribution < 1.29 is 4.79 Å². The first-order valence-electron chi connectivity index (χ1n) is 3.72. The number of carbonyl (C=O) groups is 1. The Morgan fingerprint density at radius 2 is 2.23 bits per heavy atom. The number of carbonyl (C=O) groups excluding carboxylic acids is 1. The van der Waals surface area contributed by atoms with E-state index in [2.05, 4.69) is 15.9 Å². The minimum absolute atomic E-state index is 0.660. The molecule has 0 atom stereocenters. The Labute approximate surface area is 90.5 Å². The maximum absolute atomic E-state index is 10.4. The highest BCUT2D eigenvalue weighted by Gasteiger charge is 1.97. The van der Waals surface area contributed by atoms with Crippen LogP contribution in [0.25, 0.3) is 6.08 Å². The Bertz CT molecular complexity index is 358. The van der Waals surface area contributed by atoms with Gasteiger partial charge in [-0.05, 0) is 42.3 Å². The van der Waals surface area contributed by atoms with Crippen molar-refractivity contribution in [1.29, 1.82) is 0 Å². The molecule has 0 radical (unpaired) electrons. The van der Waals surface area contributed by atoms with Crippen LogP contribution in [-0.4, -0.2) is 6.29 Å². The first-order valence-corrected chi connectivity index (χ1v) is 4.89. The van der Waals surface area contributed by atoms with Crippen LogP contribution in [0, 0.1) is 0 Å². The summed E-state index contributed by atoms with van der Waals surface area (Å²) in [7, 11) is 0. The van der Waals surface area contributed by atoms with Gasteiger partial charge in [0.2, 0.25) is 0 Å². The molecule has 0 saturated heterocycles. The third kappa shape index (κ3) is 2.98. The average Bonchev–Trinajstić information content (AvgIpc) is 2.11. The zero-order chi connectivity index (χ0) is 9.84. The van der Waals surface area contributed by atoms with Crippen LogP contribution in [0.1, 0.15) is 12.5 Å². The molecule has 0 saturated carbocycles. The van der Waals surface area contributed by atoms with Crippen LogP contribution < -0.4 is 0 Å². The summed E-state index contributed by atoms with van der Waals surface area (Å²) < 4.78 is 0.929. The quantitative estimate of drug-likeness (QED) is 0.584.